The SMILES string of the molecule is CC1(C)Cc2c(sc(N3CCOCC3)c2-c2ccnc(-c3cccc(C(=O)N4CC[C@H](N)C4)c3)c2)C(=O)N1. The minimum absolute atomic E-state index is 0.00528. The normalized spacial score (nSPS) is 20.8. The molecule has 3 aromatic rings. The number of morpholine rings is 1. The molecule has 3 aliphatic heterocycles. The van der Waals surface area contributed by atoms with Crippen molar-refractivity contribution in [3.05, 3.63) is 58.6 Å². The van der Waals surface area contributed by atoms with Gasteiger partial charge in [-0.05, 0) is 62.1 Å². The summed E-state index contributed by atoms with van der Waals surface area (Å²) >= 11 is 1.57. The maximum atomic E-state index is 13.1. The number of nitrogens with two attached hydrogens (primary N) is 1. The fourth-order valence-electron chi connectivity index (χ4n) is 5.65. The van der Waals surface area contributed by atoms with Crippen LogP contribution in [0.1, 0.15) is 45.9 Å². The van der Waals surface area contributed by atoms with Gasteiger partial charge in [-0.15, -0.1) is 11.3 Å². The molecule has 0 bridgehead atoms. The van der Waals surface area contributed by atoms with Crippen LogP contribution in [0.5, 0.6) is 0 Å². The maximum absolute atomic E-state index is 13.1. The van der Waals surface area contributed by atoms with E-state index in [1.54, 1.807) is 11.3 Å². The molecule has 198 valence electrons. The Morgan fingerprint density at radius 3 is 2.74 bits per heavy atom. The smallest absolute Gasteiger partial charge is 0.262 e. The maximum Gasteiger partial charge on any atom is 0.262 e. The van der Waals surface area contributed by atoms with Crippen LogP contribution in [0, 0.1) is 0 Å². The summed E-state index contributed by atoms with van der Waals surface area (Å²) < 4.78 is 5.61. The number of nitrogens with zero attached hydrogens (tertiary/aromatic N) is 3. The summed E-state index contributed by atoms with van der Waals surface area (Å²) in [7, 11) is 0. The summed E-state index contributed by atoms with van der Waals surface area (Å²) in [5.74, 6) is -0.00478. The lowest BCUT2D eigenvalue weighted by Gasteiger charge is -2.31. The number of likely N-dealkylation sites (tertiary alicyclic amines) is 1. The predicted molar refractivity (Wildman–Crippen MR) is 150 cm³/mol. The van der Waals surface area contributed by atoms with E-state index in [9.17, 15) is 9.59 Å². The van der Waals surface area contributed by atoms with E-state index in [-0.39, 0.29) is 23.4 Å². The van der Waals surface area contributed by atoms with E-state index in [4.69, 9.17) is 10.5 Å². The number of thiophene rings is 1. The Labute approximate surface area is 226 Å². The van der Waals surface area contributed by atoms with Crippen molar-refractivity contribution in [3.8, 4) is 22.4 Å². The standard InChI is InChI=1S/C29H33N5O3S/c1-29(2)16-22-24(28(33-10-12-37-13-11-33)38-25(22)26(35)32-29)19-6-8-31-23(15-19)18-4-3-5-20(14-18)27(36)34-9-7-21(30)17-34/h3-6,8,14-15,21H,7,9-13,16-17,30H2,1-2H3,(H,32,35)/t21-/m0/s1. The molecular weight excluding hydrogens is 498 g/mol. The molecule has 0 radical (unpaired) electrons. The molecule has 3 N–H and O–H groups in total. The van der Waals surface area contributed by atoms with Gasteiger partial charge < -0.3 is 25.6 Å². The summed E-state index contributed by atoms with van der Waals surface area (Å²) in [6.07, 6.45) is 3.41. The highest BCUT2D eigenvalue weighted by Crippen LogP contribution is 2.46. The van der Waals surface area contributed by atoms with E-state index in [0.29, 0.717) is 31.9 Å². The predicted octanol–water partition coefficient (Wildman–Crippen LogP) is 3.55. The zero-order valence-corrected chi connectivity index (χ0v) is 22.6. The third-order valence-corrected chi connectivity index (χ3v) is 8.82. The number of carbonyl (C=O) groups excluding carboxylic acids is 2. The monoisotopic (exact) mass is 531 g/mol. The van der Waals surface area contributed by atoms with Crippen LogP contribution in [0.2, 0.25) is 0 Å². The van der Waals surface area contributed by atoms with Crippen LogP contribution in [0.3, 0.4) is 0 Å². The van der Waals surface area contributed by atoms with Crippen LogP contribution in [-0.2, 0) is 11.2 Å². The molecule has 0 unspecified atom stereocenters. The summed E-state index contributed by atoms with van der Waals surface area (Å²) in [6.45, 7) is 8.34. The summed E-state index contributed by atoms with van der Waals surface area (Å²) in [5, 5.41) is 4.27. The Morgan fingerprint density at radius 1 is 1.16 bits per heavy atom. The number of nitrogens with one attached hydrogen (secondary N) is 1. The molecule has 5 heterocycles. The second-order valence-electron chi connectivity index (χ2n) is 11.0. The molecule has 9 heteroatoms. The Morgan fingerprint density at radius 2 is 1.97 bits per heavy atom. The fraction of sp³-hybridized carbons (Fsp3) is 0.414. The lowest BCUT2D eigenvalue weighted by atomic mass is 9.87. The molecule has 0 saturated carbocycles. The van der Waals surface area contributed by atoms with Gasteiger partial charge in [0.1, 0.15) is 5.00 Å². The number of aromatic nitrogens is 1. The number of pyridine rings is 1. The van der Waals surface area contributed by atoms with Crippen LogP contribution >= 0.6 is 11.3 Å². The van der Waals surface area contributed by atoms with E-state index >= 15 is 0 Å². The number of hydrogen-bond donors (Lipinski definition) is 2. The van der Waals surface area contributed by atoms with Crippen molar-refractivity contribution in [1.29, 1.82) is 0 Å². The molecule has 3 aliphatic rings. The van der Waals surface area contributed by atoms with Crippen LogP contribution in [0.15, 0.2) is 42.6 Å². The molecule has 2 fully saturated rings. The number of hydrogen-bond acceptors (Lipinski definition) is 7. The lowest BCUT2D eigenvalue weighted by molar-refractivity contribution is 0.0790. The van der Waals surface area contributed by atoms with E-state index in [1.807, 2.05) is 41.4 Å². The highest BCUT2D eigenvalue weighted by atomic mass is 32.1. The van der Waals surface area contributed by atoms with Crippen molar-refractivity contribution in [3.63, 3.8) is 0 Å². The highest BCUT2D eigenvalue weighted by molar-refractivity contribution is 7.19. The van der Waals surface area contributed by atoms with Gasteiger partial charge in [0, 0.05) is 60.6 Å². The molecule has 8 nitrogen and oxygen atoms in total. The molecule has 38 heavy (non-hydrogen) atoms. The Kier molecular flexibility index (Phi) is 6.45. The fourth-order valence-corrected chi connectivity index (χ4v) is 6.94. The second kappa shape index (κ2) is 9.80. The molecule has 2 aromatic heterocycles. The van der Waals surface area contributed by atoms with Gasteiger partial charge in [-0.3, -0.25) is 14.6 Å². The van der Waals surface area contributed by atoms with Gasteiger partial charge in [0.15, 0.2) is 0 Å². The molecule has 2 amide bonds. The number of carbonyl (C=O) groups is 2. The van der Waals surface area contributed by atoms with E-state index in [0.717, 1.165) is 63.8 Å². The number of anilines is 1. The summed E-state index contributed by atoms with van der Waals surface area (Å²) in [4.78, 5) is 35.8. The number of amides is 2. The number of fused-ring (bicyclic) bond motifs is 1. The van der Waals surface area contributed by atoms with Crippen molar-refractivity contribution < 1.29 is 14.3 Å². The quantitative estimate of drug-likeness (QED) is 0.534. The topological polar surface area (TPSA) is 101 Å². The largest absolute Gasteiger partial charge is 0.378 e. The van der Waals surface area contributed by atoms with E-state index in [1.165, 1.54) is 0 Å². The van der Waals surface area contributed by atoms with Gasteiger partial charge in [-0.1, -0.05) is 12.1 Å². The van der Waals surface area contributed by atoms with Gasteiger partial charge in [-0.2, -0.15) is 0 Å². The molecule has 1 aromatic carbocycles. The third kappa shape index (κ3) is 4.70. The van der Waals surface area contributed by atoms with Crippen molar-refractivity contribution in [2.24, 2.45) is 5.73 Å². The van der Waals surface area contributed by atoms with Crippen molar-refractivity contribution in [2.75, 3.05) is 44.3 Å². The average molecular weight is 532 g/mol. The first-order valence-electron chi connectivity index (χ1n) is 13.2. The second-order valence-corrected chi connectivity index (χ2v) is 12.0. The zero-order valence-electron chi connectivity index (χ0n) is 21.8. The van der Waals surface area contributed by atoms with Gasteiger partial charge in [0.2, 0.25) is 0 Å². The van der Waals surface area contributed by atoms with Crippen LogP contribution in [0.4, 0.5) is 5.00 Å². The van der Waals surface area contributed by atoms with Crippen LogP contribution in [0.25, 0.3) is 22.4 Å². The first-order valence-corrected chi connectivity index (χ1v) is 14.0. The molecular formula is C29H33N5O3S. The van der Waals surface area contributed by atoms with E-state index < -0.39 is 0 Å². The van der Waals surface area contributed by atoms with Crippen LogP contribution in [-0.4, -0.2) is 72.7 Å². The molecule has 0 spiro atoms. The van der Waals surface area contributed by atoms with Gasteiger partial charge in [-0.25, -0.2) is 0 Å². The molecule has 6 rings (SSSR count). The van der Waals surface area contributed by atoms with Crippen LogP contribution < -0.4 is 16.0 Å². The first-order chi connectivity index (χ1) is 18.3. The Balaban J connectivity index is 1.41. The van der Waals surface area contributed by atoms with E-state index in [2.05, 4.69) is 35.1 Å². The highest BCUT2D eigenvalue weighted by Gasteiger charge is 2.36. The van der Waals surface area contributed by atoms with Gasteiger partial charge >= 0.3 is 0 Å². The average Bonchev–Trinajstić information content (AvgIpc) is 3.52. The Bertz CT molecular complexity index is 1390. The minimum Gasteiger partial charge on any atom is -0.378 e. The molecule has 0 aliphatic carbocycles. The summed E-state index contributed by atoms with van der Waals surface area (Å²) in [5.41, 5.74) is 11.3. The number of benzene rings is 1. The van der Waals surface area contributed by atoms with Crippen molar-refractivity contribution in [2.45, 2.75) is 38.3 Å². The zero-order chi connectivity index (χ0) is 26.4. The third-order valence-electron chi connectivity index (χ3n) is 7.53. The lowest BCUT2D eigenvalue weighted by Crippen LogP contribution is -2.48. The number of ether oxygens (including phenoxy) is 1. The number of rotatable bonds is 4. The molecule has 1 atom stereocenters. The van der Waals surface area contributed by atoms with Gasteiger partial charge in [0.25, 0.3) is 11.8 Å². The first kappa shape index (κ1) is 25.0. The summed E-state index contributed by atoms with van der Waals surface area (Å²) in [6, 6.07) is 11.8. The Hall–Kier alpha value is -3.27. The van der Waals surface area contributed by atoms with Gasteiger partial charge in [0.05, 0.1) is 23.8 Å². The van der Waals surface area contributed by atoms with Crippen molar-refractivity contribution >= 4 is 28.2 Å². The molecule has 2 saturated heterocycles. The minimum atomic E-state index is -0.329. The van der Waals surface area contributed by atoms with Crippen molar-refractivity contribution in [1.82, 2.24) is 15.2 Å².